The topological polar surface area (TPSA) is 151 Å². The van der Waals surface area contributed by atoms with E-state index < -0.39 is 47.9 Å². The number of thioether (sulfide) groups is 2. The number of carboxylic acids is 1. The van der Waals surface area contributed by atoms with Gasteiger partial charge in [-0.25, -0.2) is 0 Å². The summed E-state index contributed by atoms with van der Waals surface area (Å²) in [5.74, 6) is -1.52. The van der Waals surface area contributed by atoms with Crippen LogP contribution < -0.4 is 21.7 Å². The summed E-state index contributed by atoms with van der Waals surface area (Å²) in [7, 11) is 0. The number of rotatable bonds is 14. The van der Waals surface area contributed by atoms with Crippen molar-refractivity contribution in [1.82, 2.24) is 16.0 Å². The van der Waals surface area contributed by atoms with Crippen LogP contribution in [0.3, 0.4) is 0 Å². The SMILES string of the molecule is CSCCC(N)C(=O)NC(CCSC)C(=O)NC(CS)C(=O)NC(C)C(=O)O. The van der Waals surface area contributed by atoms with Crippen molar-refractivity contribution in [2.75, 3.05) is 29.8 Å². The van der Waals surface area contributed by atoms with Crippen LogP contribution in [0.5, 0.6) is 0 Å². The smallest absolute Gasteiger partial charge is 0.325 e. The molecule has 0 aliphatic heterocycles. The summed E-state index contributed by atoms with van der Waals surface area (Å²) >= 11 is 7.13. The van der Waals surface area contributed by atoms with Gasteiger partial charge < -0.3 is 26.8 Å². The van der Waals surface area contributed by atoms with Crippen molar-refractivity contribution in [3.63, 3.8) is 0 Å². The third kappa shape index (κ3) is 10.4. The Labute approximate surface area is 179 Å². The molecule has 12 heteroatoms. The van der Waals surface area contributed by atoms with Crippen molar-refractivity contribution in [1.29, 1.82) is 0 Å². The number of amides is 3. The zero-order valence-electron chi connectivity index (χ0n) is 16.3. The Morgan fingerprint density at radius 1 is 0.929 bits per heavy atom. The lowest BCUT2D eigenvalue weighted by Crippen LogP contribution is -2.57. The first-order chi connectivity index (χ1) is 13.2. The molecule has 4 unspecified atom stereocenters. The number of aliphatic carboxylic acids is 1. The fraction of sp³-hybridized carbons (Fsp3) is 0.750. The number of carbonyl (C=O) groups is 4. The lowest BCUT2D eigenvalue weighted by Gasteiger charge is -2.24. The number of nitrogens with two attached hydrogens (primary N) is 1. The zero-order valence-corrected chi connectivity index (χ0v) is 18.8. The Kier molecular flexibility index (Phi) is 14.2. The zero-order chi connectivity index (χ0) is 21.7. The highest BCUT2D eigenvalue weighted by Gasteiger charge is 2.28. The first-order valence-electron chi connectivity index (χ1n) is 8.66. The van der Waals surface area contributed by atoms with Gasteiger partial charge in [-0.05, 0) is 43.8 Å². The minimum Gasteiger partial charge on any atom is -0.480 e. The number of carboxylic acid groups (broad SMARTS) is 1. The molecule has 28 heavy (non-hydrogen) atoms. The molecule has 0 saturated carbocycles. The van der Waals surface area contributed by atoms with Crippen molar-refractivity contribution in [3.8, 4) is 0 Å². The predicted molar refractivity (Wildman–Crippen MR) is 117 cm³/mol. The van der Waals surface area contributed by atoms with Crippen LogP contribution in [0.4, 0.5) is 0 Å². The molecule has 0 radical (unpaired) electrons. The van der Waals surface area contributed by atoms with Gasteiger partial charge in [0.15, 0.2) is 0 Å². The van der Waals surface area contributed by atoms with Crippen LogP contribution in [-0.2, 0) is 19.2 Å². The molecule has 4 atom stereocenters. The molecule has 162 valence electrons. The molecule has 0 heterocycles. The van der Waals surface area contributed by atoms with Crippen molar-refractivity contribution in [3.05, 3.63) is 0 Å². The number of thiol groups is 1. The quantitative estimate of drug-likeness (QED) is 0.189. The van der Waals surface area contributed by atoms with Crippen LogP contribution in [0.25, 0.3) is 0 Å². The van der Waals surface area contributed by atoms with E-state index in [2.05, 4.69) is 28.6 Å². The van der Waals surface area contributed by atoms with Crippen LogP contribution in [0.2, 0.25) is 0 Å². The van der Waals surface area contributed by atoms with Crippen molar-refractivity contribution >= 4 is 59.8 Å². The Bertz CT molecular complexity index is 538. The van der Waals surface area contributed by atoms with Gasteiger partial charge in [0.2, 0.25) is 17.7 Å². The maximum absolute atomic E-state index is 12.6. The Balaban J connectivity index is 4.99. The first kappa shape index (κ1) is 26.9. The Morgan fingerprint density at radius 3 is 1.93 bits per heavy atom. The molecule has 0 spiro atoms. The number of nitrogens with one attached hydrogen (secondary N) is 3. The summed E-state index contributed by atoms with van der Waals surface area (Å²) in [6.07, 6.45) is 4.63. The van der Waals surface area contributed by atoms with E-state index in [1.54, 1.807) is 11.8 Å². The molecule has 0 aliphatic carbocycles. The molecule has 0 aromatic carbocycles. The summed E-state index contributed by atoms with van der Waals surface area (Å²) in [4.78, 5) is 47.9. The van der Waals surface area contributed by atoms with Gasteiger partial charge in [0.25, 0.3) is 0 Å². The van der Waals surface area contributed by atoms with E-state index in [9.17, 15) is 19.2 Å². The molecule has 0 rings (SSSR count). The van der Waals surface area contributed by atoms with Gasteiger partial charge in [0.05, 0.1) is 6.04 Å². The van der Waals surface area contributed by atoms with E-state index in [4.69, 9.17) is 10.8 Å². The average Bonchev–Trinajstić information content (AvgIpc) is 2.66. The fourth-order valence-electron chi connectivity index (χ4n) is 2.00. The summed E-state index contributed by atoms with van der Waals surface area (Å²) < 4.78 is 0. The molecule has 0 aromatic heterocycles. The lowest BCUT2D eigenvalue weighted by molar-refractivity contribution is -0.141. The second-order valence-electron chi connectivity index (χ2n) is 6.04. The fourth-order valence-corrected chi connectivity index (χ4v) is 3.22. The molecule has 3 amide bonds. The van der Waals surface area contributed by atoms with Crippen molar-refractivity contribution in [2.45, 2.75) is 43.9 Å². The molecule has 9 nitrogen and oxygen atoms in total. The minimum atomic E-state index is -1.19. The van der Waals surface area contributed by atoms with Crippen LogP contribution in [-0.4, -0.2) is 82.7 Å². The molecular weight excluding hydrogens is 424 g/mol. The molecule has 0 saturated heterocycles. The van der Waals surface area contributed by atoms with Crippen LogP contribution in [0.1, 0.15) is 19.8 Å². The monoisotopic (exact) mass is 454 g/mol. The Hall–Kier alpha value is -1.11. The largest absolute Gasteiger partial charge is 0.480 e. The van der Waals surface area contributed by atoms with E-state index >= 15 is 0 Å². The van der Waals surface area contributed by atoms with Gasteiger partial charge in [-0.15, -0.1) is 0 Å². The second kappa shape index (κ2) is 14.8. The lowest BCUT2D eigenvalue weighted by atomic mass is 10.1. The summed E-state index contributed by atoms with van der Waals surface area (Å²) in [6, 6.07) is -3.71. The highest BCUT2D eigenvalue weighted by Crippen LogP contribution is 2.04. The Morgan fingerprint density at radius 2 is 1.43 bits per heavy atom. The predicted octanol–water partition coefficient (Wildman–Crippen LogP) is -0.691. The summed E-state index contributed by atoms with van der Waals surface area (Å²) in [5.41, 5.74) is 5.84. The standard InChI is InChI=1S/C16H30N4O5S3/c1-9(16(24)25)18-15(23)12(8-26)20-14(22)11(5-7-28-3)19-13(21)10(17)4-6-27-2/h9-12,26H,4-8,17H2,1-3H3,(H,18,23)(H,19,21)(H,20,22)(H,24,25). The molecule has 0 fully saturated rings. The number of carbonyl (C=O) groups excluding carboxylic acids is 3. The third-order valence-corrected chi connectivity index (χ3v) is 5.41. The van der Waals surface area contributed by atoms with E-state index in [-0.39, 0.29) is 5.75 Å². The normalized spacial score (nSPS) is 15.0. The molecule has 0 bridgehead atoms. The van der Waals surface area contributed by atoms with E-state index in [1.165, 1.54) is 18.7 Å². The van der Waals surface area contributed by atoms with Crippen molar-refractivity contribution in [2.24, 2.45) is 5.73 Å². The van der Waals surface area contributed by atoms with Gasteiger partial charge in [-0.2, -0.15) is 36.2 Å². The minimum absolute atomic E-state index is 0.0274. The van der Waals surface area contributed by atoms with Crippen LogP contribution >= 0.6 is 36.2 Å². The number of hydrogen-bond acceptors (Lipinski definition) is 8. The van der Waals surface area contributed by atoms with Gasteiger partial charge >= 0.3 is 5.97 Å². The van der Waals surface area contributed by atoms with Gasteiger partial charge in [0.1, 0.15) is 18.1 Å². The van der Waals surface area contributed by atoms with Crippen molar-refractivity contribution < 1.29 is 24.3 Å². The van der Waals surface area contributed by atoms with Gasteiger partial charge in [0, 0.05) is 5.75 Å². The maximum atomic E-state index is 12.6. The second-order valence-corrected chi connectivity index (χ2v) is 8.38. The third-order valence-electron chi connectivity index (χ3n) is 3.76. The average molecular weight is 455 g/mol. The van der Waals surface area contributed by atoms with Gasteiger partial charge in [-0.3, -0.25) is 19.2 Å². The summed E-state index contributed by atoms with van der Waals surface area (Å²) in [6.45, 7) is 1.31. The van der Waals surface area contributed by atoms with Crippen LogP contribution in [0.15, 0.2) is 0 Å². The highest BCUT2D eigenvalue weighted by molar-refractivity contribution is 7.98. The number of hydrogen-bond donors (Lipinski definition) is 6. The molecular formula is C16H30N4O5S3. The highest BCUT2D eigenvalue weighted by atomic mass is 32.2. The van der Waals surface area contributed by atoms with E-state index in [0.717, 1.165) is 5.75 Å². The molecule has 6 N–H and O–H groups in total. The molecule has 0 aliphatic rings. The van der Waals surface area contributed by atoms with E-state index in [1.807, 2.05) is 12.5 Å². The summed E-state index contributed by atoms with van der Waals surface area (Å²) in [5, 5.41) is 16.3. The first-order valence-corrected chi connectivity index (χ1v) is 12.1. The van der Waals surface area contributed by atoms with E-state index in [0.29, 0.717) is 18.6 Å². The van der Waals surface area contributed by atoms with Gasteiger partial charge in [-0.1, -0.05) is 0 Å². The van der Waals surface area contributed by atoms with Crippen LogP contribution in [0, 0.1) is 0 Å². The maximum Gasteiger partial charge on any atom is 0.325 e. The molecule has 0 aromatic rings.